The number of methoxy groups -OCH3 is 2. The smallest absolute Gasteiger partial charge is 0.336 e. The molecule has 0 radical (unpaired) electrons. The summed E-state index contributed by atoms with van der Waals surface area (Å²) in [6, 6.07) is 0.126. The first kappa shape index (κ1) is 19.6. The van der Waals surface area contributed by atoms with E-state index in [1.807, 2.05) is 0 Å². The van der Waals surface area contributed by atoms with E-state index >= 15 is 0 Å². The summed E-state index contributed by atoms with van der Waals surface area (Å²) in [5.41, 5.74) is 0.478. The lowest BCUT2D eigenvalue weighted by molar-refractivity contribution is -0.158. The average Bonchev–Trinajstić information content (AvgIpc) is 3.41. The van der Waals surface area contributed by atoms with E-state index in [1.54, 1.807) is 6.92 Å². The molecule has 2 aliphatic rings. The number of nitrogens with one attached hydrogen (secondary N) is 1. The molecule has 0 spiro atoms. The lowest BCUT2D eigenvalue weighted by Crippen LogP contribution is -2.43. The summed E-state index contributed by atoms with van der Waals surface area (Å²) in [6.45, 7) is 2.59. The molecule has 0 saturated heterocycles. The van der Waals surface area contributed by atoms with Gasteiger partial charge in [0.25, 0.3) is 5.91 Å². The first-order valence-corrected chi connectivity index (χ1v) is 8.18. The first-order chi connectivity index (χ1) is 12.3. The molecule has 0 aromatic carbocycles. The number of nitrogens with zero attached hydrogens (tertiary/aromatic N) is 1. The van der Waals surface area contributed by atoms with Crippen molar-refractivity contribution in [2.24, 2.45) is 16.8 Å². The molecule has 0 aromatic rings. The van der Waals surface area contributed by atoms with E-state index in [0.29, 0.717) is 5.71 Å². The van der Waals surface area contributed by atoms with Crippen molar-refractivity contribution in [3.63, 3.8) is 0 Å². The first-order valence-electron chi connectivity index (χ1n) is 8.18. The Morgan fingerprint density at radius 2 is 1.69 bits per heavy atom. The van der Waals surface area contributed by atoms with Crippen molar-refractivity contribution in [3.05, 3.63) is 11.3 Å². The van der Waals surface area contributed by atoms with Gasteiger partial charge < -0.3 is 19.5 Å². The minimum Gasteiger partial charge on any atom is -0.468 e. The van der Waals surface area contributed by atoms with E-state index in [-0.39, 0.29) is 17.3 Å². The van der Waals surface area contributed by atoms with Gasteiger partial charge in [0.1, 0.15) is 11.8 Å². The van der Waals surface area contributed by atoms with Crippen LogP contribution in [0.5, 0.6) is 0 Å². The fraction of sp³-hybridized carbons (Fsp3) is 0.588. The molecule has 0 bridgehead atoms. The molecule has 9 nitrogen and oxygen atoms in total. The average molecular weight is 366 g/mol. The summed E-state index contributed by atoms with van der Waals surface area (Å²) in [7, 11) is 2.33. The van der Waals surface area contributed by atoms with Crippen LogP contribution in [0.1, 0.15) is 26.7 Å². The number of hydrogen-bond acceptors (Lipinski definition) is 8. The third-order valence-corrected chi connectivity index (χ3v) is 4.23. The molecule has 1 aliphatic carbocycles. The zero-order valence-corrected chi connectivity index (χ0v) is 15.2. The van der Waals surface area contributed by atoms with Crippen LogP contribution in [0.3, 0.4) is 0 Å². The molecule has 26 heavy (non-hydrogen) atoms. The number of esters is 3. The number of ether oxygens (including phenoxy) is 3. The number of amides is 1. The van der Waals surface area contributed by atoms with E-state index < -0.39 is 42.3 Å². The third-order valence-electron chi connectivity index (χ3n) is 4.23. The monoisotopic (exact) mass is 366 g/mol. The fourth-order valence-electron chi connectivity index (χ4n) is 2.82. The number of aliphatic imine (C=N–C) groups is 1. The van der Waals surface area contributed by atoms with E-state index in [4.69, 9.17) is 14.2 Å². The zero-order chi connectivity index (χ0) is 19.4. The molecule has 1 aliphatic heterocycles. The van der Waals surface area contributed by atoms with Gasteiger partial charge in [0.2, 0.25) is 0 Å². The predicted molar refractivity (Wildman–Crippen MR) is 88.9 cm³/mol. The molecule has 1 heterocycles. The van der Waals surface area contributed by atoms with Gasteiger partial charge in [0.15, 0.2) is 6.61 Å². The van der Waals surface area contributed by atoms with Crippen LogP contribution >= 0.6 is 0 Å². The van der Waals surface area contributed by atoms with E-state index in [9.17, 15) is 19.2 Å². The Hall–Kier alpha value is -2.71. The predicted octanol–water partition coefficient (Wildman–Crippen LogP) is 0.135. The minimum atomic E-state index is -1.29. The summed E-state index contributed by atoms with van der Waals surface area (Å²) in [5.74, 6) is -5.27. The lowest BCUT2D eigenvalue weighted by Gasteiger charge is -2.29. The summed E-state index contributed by atoms with van der Waals surface area (Å²) >= 11 is 0. The number of carbonyl (C=O) groups is 4. The minimum absolute atomic E-state index is 0.0823. The number of rotatable bonds is 6. The van der Waals surface area contributed by atoms with Gasteiger partial charge >= 0.3 is 17.9 Å². The highest BCUT2D eigenvalue weighted by Crippen LogP contribution is 2.33. The summed E-state index contributed by atoms with van der Waals surface area (Å²) in [6.07, 6.45) is 1.80. The van der Waals surface area contributed by atoms with Gasteiger partial charge in [-0.3, -0.25) is 19.4 Å². The van der Waals surface area contributed by atoms with Crippen LogP contribution in [0, 0.1) is 11.8 Å². The van der Waals surface area contributed by atoms with E-state index in [0.717, 1.165) is 20.0 Å². The van der Waals surface area contributed by atoms with Gasteiger partial charge in [-0.25, -0.2) is 4.79 Å². The Bertz CT molecular complexity index is 691. The van der Waals surface area contributed by atoms with Crippen molar-refractivity contribution in [1.29, 1.82) is 0 Å². The van der Waals surface area contributed by atoms with Crippen LogP contribution in [-0.4, -0.2) is 56.4 Å². The highest BCUT2D eigenvalue weighted by atomic mass is 16.5. The SMILES string of the molecule is COC(=O)C1=C(C)N=C(C)C(C(=O)OC)[C@@H]1C(=O)OCC(=O)NC1CC1. The van der Waals surface area contributed by atoms with Crippen LogP contribution in [0.15, 0.2) is 16.3 Å². The van der Waals surface area contributed by atoms with Gasteiger partial charge in [-0.15, -0.1) is 0 Å². The van der Waals surface area contributed by atoms with Crippen LogP contribution < -0.4 is 5.32 Å². The van der Waals surface area contributed by atoms with Crippen molar-refractivity contribution in [2.75, 3.05) is 20.8 Å². The van der Waals surface area contributed by atoms with Crippen LogP contribution in [0.25, 0.3) is 0 Å². The Morgan fingerprint density at radius 1 is 1.04 bits per heavy atom. The Kier molecular flexibility index (Phi) is 6.12. The molecule has 9 heteroatoms. The van der Waals surface area contributed by atoms with Gasteiger partial charge in [-0.05, 0) is 26.7 Å². The molecule has 1 unspecified atom stereocenters. The largest absolute Gasteiger partial charge is 0.468 e. The Labute approximate surface area is 150 Å². The molecule has 2 rings (SSSR count). The molecule has 2 atom stereocenters. The second kappa shape index (κ2) is 8.11. The van der Waals surface area contributed by atoms with Crippen molar-refractivity contribution < 1.29 is 33.4 Å². The molecular weight excluding hydrogens is 344 g/mol. The topological polar surface area (TPSA) is 120 Å². The molecule has 1 saturated carbocycles. The lowest BCUT2D eigenvalue weighted by atomic mass is 9.80. The summed E-state index contributed by atoms with van der Waals surface area (Å²) in [4.78, 5) is 52.9. The van der Waals surface area contributed by atoms with Crippen LogP contribution in [0.2, 0.25) is 0 Å². The van der Waals surface area contributed by atoms with E-state index in [2.05, 4.69) is 10.3 Å². The van der Waals surface area contributed by atoms with Gasteiger partial charge in [0.05, 0.1) is 19.8 Å². The second-order valence-electron chi connectivity index (χ2n) is 6.17. The molecule has 1 N–H and O–H groups in total. The third kappa shape index (κ3) is 4.27. The maximum atomic E-state index is 12.6. The van der Waals surface area contributed by atoms with Gasteiger partial charge in [-0.1, -0.05) is 0 Å². The van der Waals surface area contributed by atoms with Crippen molar-refractivity contribution in [1.82, 2.24) is 5.32 Å². The quantitative estimate of drug-likeness (QED) is 0.524. The molecule has 0 aromatic heterocycles. The van der Waals surface area contributed by atoms with E-state index in [1.165, 1.54) is 14.0 Å². The maximum absolute atomic E-state index is 12.6. The molecule has 1 fully saturated rings. The number of hydrogen-bond donors (Lipinski definition) is 1. The molecule has 1 amide bonds. The summed E-state index contributed by atoms with van der Waals surface area (Å²) < 4.78 is 14.5. The summed E-state index contributed by atoms with van der Waals surface area (Å²) in [5, 5.41) is 2.68. The van der Waals surface area contributed by atoms with Gasteiger partial charge in [-0.2, -0.15) is 0 Å². The van der Waals surface area contributed by atoms with Crippen LogP contribution in [-0.2, 0) is 33.4 Å². The number of carbonyl (C=O) groups excluding carboxylic acids is 4. The molecule has 142 valence electrons. The van der Waals surface area contributed by atoms with Crippen molar-refractivity contribution >= 4 is 29.5 Å². The molecular formula is C17H22N2O7. The highest BCUT2D eigenvalue weighted by Gasteiger charge is 2.46. The Balaban J connectivity index is 2.25. The Morgan fingerprint density at radius 3 is 2.23 bits per heavy atom. The van der Waals surface area contributed by atoms with Crippen molar-refractivity contribution in [3.8, 4) is 0 Å². The maximum Gasteiger partial charge on any atom is 0.336 e. The van der Waals surface area contributed by atoms with Crippen LogP contribution in [0.4, 0.5) is 0 Å². The highest BCUT2D eigenvalue weighted by molar-refractivity contribution is 6.10. The normalized spacial score (nSPS) is 22.2. The second-order valence-corrected chi connectivity index (χ2v) is 6.17. The standard InChI is InChI=1S/C17H22N2O7/c1-8-12(15(21)24-3)14(13(9(2)18-8)16(22)25-4)17(23)26-7-11(20)19-10-5-6-10/h10,12,14H,5-7H2,1-4H3,(H,19,20)/t12?,14-/m0/s1. The zero-order valence-electron chi connectivity index (χ0n) is 15.2. The fourth-order valence-corrected chi connectivity index (χ4v) is 2.82. The van der Waals surface area contributed by atoms with Gasteiger partial charge in [0, 0.05) is 17.5 Å². The van der Waals surface area contributed by atoms with Crippen molar-refractivity contribution in [2.45, 2.75) is 32.7 Å². The number of allylic oxidation sites excluding steroid dienone is 1.